The number of terminal acetylenes is 1. The van der Waals surface area contributed by atoms with Crippen LogP contribution in [-0.4, -0.2) is 29.8 Å². The molecule has 0 bridgehead atoms. The Labute approximate surface area is 263 Å². The lowest BCUT2D eigenvalue weighted by molar-refractivity contribution is -0.196. The lowest BCUT2D eigenvalue weighted by Crippen LogP contribution is -2.62. The molecular weight excluding hydrogens is 534 g/mol. The summed E-state index contributed by atoms with van der Waals surface area (Å²) in [6.45, 7) is 11.8. The second-order valence-electron chi connectivity index (χ2n) is 15.3. The largest absolute Gasteiger partial charge is 0.446 e. The van der Waals surface area contributed by atoms with Crippen LogP contribution in [-0.2, 0) is 19.1 Å². The third-order valence-electron chi connectivity index (χ3n) is 12.8. The number of hydrogen-bond donors (Lipinski definition) is 1. The molecular formula is C38H63NO4. The Balaban J connectivity index is 1.39. The van der Waals surface area contributed by atoms with Gasteiger partial charge in [0.15, 0.2) is 11.3 Å². The van der Waals surface area contributed by atoms with Crippen molar-refractivity contribution >= 4 is 11.9 Å². The molecule has 8 atom stereocenters. The summed E-state index contributed by atoms with van der Waals surface area (Å²) in [5.74, 6) is 4.88. The van der Waals surface area contributed by atoms with Gasteiger partial charge in [0.05, 0.1) is 0 Å². The molecule has 0 amide bonds. The van der Waals surface area contributed by atoms with Crippen LogP contribution < -0.4 is 5.32 Å². The van der Waals surface area contributed by atoms with E-state index in [0.29, 0.717) is 36.5 Å². The first kappa shape index (κ1) is 34.3. The smallest absolute Gasteiger partial charge is 0.307 e. The van der Waals surface area contributed by atoms with Gasteiger partial charge in [-0.3, -0.25) is 14.9 Å². The summed E-state index contributed by atoms with van der Waals surface area (Å²) in [6, 6.07) is 0. The van der Waals surface area contributed by atoms with Gasteiger partial charge in [-0.15, -0.1) is 6.42 Å². The van der Waals surface area contributed by atoms with E-state index in [4.69, 9.17) is 15.9 Å². The highest BCUT2D eigenvalue weighted by atomic mass is 16.6. The lowest BCUT2D eigenvalue weighted by Gasteiger charge is -2.59. The second-order valence-corrected chi connectivity index (χ2v) is 15.3. The summed E-state index contributed by atoms with van der Waals surface area (Å²) < 4.78 is 12.5. The van der Waals surface area contributed by atoms with Crippen molar-refractivity contribution in [3.8, 4) is 12.3 Å². The number of carbonyl (C=O) groups is 2. The average molecular weight is 598 g/mol. The predicted molar refractivity (Wildman–Crippen MR) is 174 cm³/mol. The maximum Gasteiger partial charge on any atom is 0.307 e. The van der Waals surface area contributed by atoms with E-state index in [9.17, 15) is 9.59 Å². The number of carbonyl (C=O) groups excluding carboxylic acids is 2. The molecule has 0 radical (unpaired) electrons. The van der Waals surface area contributed by atoms with Crippen LogP contribution in [0.1, 0.15) is 163 Å². The van der Waals surface area contributed by atoms with Crippen molar-refractivity contribution in [3.63, 3.8) is 0 Å². The van der Waals surface area contributed by atoms with Gasteiger partial charge >= 0.3 is 11.9 Å². The van der Waals surface area contributed by atoms with Crippen molar-refractivity contribution in [1.29, 1.82) is 0 Å². The zero-order chi connectivity index (χ0) is 31.1. The molecule has 5 heteroatoms. The molecule has 4 aliphatic rings. The van der Waals surface area contributed by atoms with E-state index < -0.39 is 11.3 Å². The van der Waals surface area contributed by atoms with E-state index in [0.717, 1.165) is 57.9 Å². The fourth-order valence-electron chi connectivity index (χ4n) is 10.4. The molecule has 4 aliphatic carbocycles. The quantitative estimate of drug-likeness (QED) is 0.0832. The average Bonchev–Trinajstić information content (AvgIpc) is 3.46. The standard InChI is InChI=1S/C38H63NO4/c1-7-11-12-13-14-15-16-17-18-19-26-39-38(43-34(41)9-3)25-23-32-30-21-20-29-27-37(10-4,42-33(40)8-2)28-35(29,5)31(30)22-24-36(32,38)6/h4,29-32,39H,7-9,11-28H2,1-3,5-6H3/t29-,30+,31-,32-,35-,36-,37+,38-/m0/s1. The topological polar surface area (TPSA) is 64.6 Å². The Kier molecular flexibility index (Phi) is 11.7. The Morgan fingerprint density at radius 3 is 2.02 bits per heavy atom. The highest BCUT2D eigenvalue weighted by molar-refractivity contribution is 5.70. The first-order valence-corrected chi connectivity index (χ1v) is 18.3. The van der Waals surface area contributed by atoms with Gasteiger partial charge in [0.25, 0.3) is 0 Å². The summed E-state index contributed by atoms with van der Waals surface area (Å²) in [5.41, 5.74) is -1.31. The SMILES string of the molecule is C#C[C@@]1(OC(=O)CC)C[C@@H]2CC[C@@H]3[C@H](CC[C@@]4(C)[C@H]3CC[C@]4(NCCCCCCCCCCCC)OC(=O)CC)[C@@]2(C)C1. The Bertz CT molecular complexity index is 989. The Morgan fingerprint density at radius 1 is 0.791 bits per heavy atom. The van der Waals surface area contributed by atoms with Gasteiger partial charge in [0.1, 0.15) is 0 Å². The monoisotopic (exact) mass is 597 g/mol. The van der Waals surface area contributed by atoms with E-state index >= 15 is 0 Å². The van der Waals surface area contributed by atoms with Gasteiger partial charge in [-0.05, 0) is 74.2 Å². The zero-order valence-electron chi connectivity index (χ0n) is 28.4. The van der Waals surface area contributed by atoms with Gasteiger partial charge < -0.3 is 9.47 Å². The van der Waals surface area contributed by atoms with Crippen LogP contribution in [0, 0.1) is 46.8 Å². The van der Waals surface area contributed by atoms with E-state index in [1.807, 2.05) is 13.8 Å². The number of unbranched alkanes of at least 4 members (excludes halogenated alkanes) is 9. The van der Waals surface area contributed by atoms with Crippen molar-refractivity contribution in [2.24, 2.45) is 34.5 Å². The molecule has 0 saturated heterocycles. The maximum atomic E-state index is 12.9. The third-order valence-corrected chi connectivity index (χ3v) is 12.8. The van der Waals surface area contributed by atoms with Crippen LogP contribution >= 0.6 is 0 Å². The van der Waals surface area contributed by atoms with Gasteiger partial charge in [-0.1, -0.05) is 98.3 Å². The molecule has 1 N–H and O–H groups in total. The van der Waals surface area contributed by atoms with Crippen LogP contribution in [0.5, 0.6) is 0 Å². The molecule has 43 heavy (non-hydrogen) atoms. The molecule has 0 spiro atoms. The highest BCUT2D eigenvalue weighted by Crippen LogP contribution is 2.70. The first-order valence-electron chi connectivity index (χ1n) is 18.3. The van der Waals surface area contributed by atoms with Gasteiger partial charge in [0, 0.05) is 37.5 Å². The molecule has 0 aliphatic heterocycles. The molecule has 0 aromatic heterocycles. The fraction of sp³-hybridized carbons (Fsp3) is 0.895. The van der Waals surface area contributed by atoms with E-state index in [1.165, 1.54) is 64.2 Å². The highest BCUT2D eigenvalue weighted by Gasteiger charge is 2.68. The molecule has 0 heterocycles. The Hall–Kier alpha value is -1.54. The van der Waals surface area contributed by atoms with Crippen LogP contribution in [0.4, 0.5) is 0 Å². The van der Waals surface area contributed by atoms with Crippen molar-refractivity contribution < 1.29 is 19.1 Å². The van der Waals surface area contributed by atoms with Gasteiger partial charge in [0.2, 0.25) is 0 Å². The summed E-state index contributed by atoms with van der Waals surface area (Å²) in [5, 5.41) is 3.90. The number of ether oxygens (including phenoxy) is 2. The molecule has 4 saturated carbocycles. The van der Waals surface area contributed by atoms with Crippen molar-refractivity contribution in [2.45, 2.75) is 174 Å². The number of nitrogens with one attached hydrogen (secondary N) is 1. The molecule has 0 aromatic carbocycles. The van der Waals surface area contributed by atoms with Crippen LogP contribution in [0.3, 0.4) is 0 Å². The molecule has 244 valence electrons. The maximum absolute atomic E-state index is 12.9. The molecule has 0 unspecified atom stereocenters. The number of rotatable bonds is 16. The molecule has 0 aromatic rings. The van der Waals surface area contributed by atoms with E-state index in [2.05, 4.69) is 32.0 Å². The second kappa shape index (κ2) is 14.7. The van der Waals surface area contributed by atoms with Crippen molar-refractivity contribution in [1.82, 2.24) is 5.32 Å². The molecule has 5 nitrogen and oxygen atoms in total. The minimum absolute atomic E-state index is 0.0723. The first-order chi connectivity index (χ1) is 20.6. The fourth-order valence-corrected chi connectivity index (χ4v) is 10.4. The lowest BCUT2D eigenvalue weighted by atomic mass is 9.47. The van der Waals surface area contributed by atoms with Crippen LogP contribution in [0.2, 0.25) is 0 Å². The van der Waals surface area contributed by atoms with E-state index in [1.54, 1.807) is 0 Å². The minimum atomic E-state index is -0.755. The normalized spacial score (nSPS) is 38.0. The summed E-state index contributed by atoms with van der Waals surface area (Å²) in [6.07, 6.45) is 28.2. The number of fused-ring (bicyclic) bond motifs is 5. The van der Waals surface area contributed by atoms with Gasteiger partial charge in [-0.25, -0.2) is 0 Å². The minimum Gasteiger partial charge on any atom is -0.446 e. The van der Waals surface area contributed by atoms with Gasteiger partial charge in [-0.2, -0.15) is 0 Å². The van der Waals surface area contributed by atoms with Crippen LogP contribution in [0.15, 0.2) is 0 Å². The number of esters is 2. The Morgan fingerprint density at radius 2 is 1.40 bits per heavy atom. The third kappa shape index (κ3) is 7.00. The summed E-state index contributed by atoms with van der Waals surface area (Å²) >= 11 is 0. The van der Waals surface area contributed by atoms with Crippen LogP contribution in [0.25, 0.3) is 0 Å². The van der Waals surface area contributed by atoms with Crippen molar-refractivity contribution in [2.75, 3.05) is 6.54 Å². The summed E-state index contributed by atoms with van der Waals surface area (Å²) in [4.78, 5) is 25.2. The summed E-state index contributed by atoms with van der Waals surface area (Å²) in [7, 11) is 0. The number of hydrogen-bond acceptors (Lipinski definition) is 5. The van der Waals surface area contributed by atoms with E-state index in [-0.39, 0.29) is 22.8 Å². The predicted octanol–water partition coefficient (Wildman–Crippen LogP) is 9.12. The zero-order valence-corrected chi connectivity index (χ0v) is 28.4. The van der Waals surface area contributed by atoms with Crippen molar-refractivity contribution in [3.05, 3.63) is 0 Å². The molecule has 4 rings (SSSR count). The molecule has 4 fully saturated rings.